The van der Waals surface area contributed by atoms with Gasteiger partial charge in [-0.1, -0.05) is 26.2 Å². The Morgan fingerprint density at radius 3 is 1.28 bits per heavy atom. The molecule has 2 aromatic rings. The number of carboxylic acids is 2. The minimum Gasteiger partial charge on any atom is -0.543 e. The molecule has 0 spiro atoms. The van der Waals surface area contributed by atoms with Crippen molar-refractivity contribution in [2.24, 2.45) is 0 Å². The van der Waals surface area contributed by atoms with Crippen LogP contribution in [0.25, 0.3) is 0 Å². The molecular weight excluding hydrogens is 482 g/mol. The molecule has 4 rings (SSSR count). The molecule has 14 heteroatoms. The molecule has 0 N–H and O–H groups in total. The van der Waals surface area contributed by atoms with Crippen molar-refractivity contribution in [2.75, 3.05) is 36.0 Å². The molecule has 0 unspecified atom stereocenters. The molecule has 36 heavy (non-hydrogen) atoms. The van der Waals surface area contributed by atoms with Gasteiger partial charge < -0.3 is 29.6 Å². The minimum absolute atomic E-state index is 0. The van der Waals surface area contributed by atoms with Gasteiger partial charge in [0.25, 0.3) is 0 Å². The molecule has 0 atom stereocenters. The van der Waals surface area contributed by atoms with E-state index in [9.17, 15) is 19.8 Å². The minimum atomic E-state index is -1.25. The Morgan fingerprint density at radius 1 is 0.694 bits per heavy atom. The smallest absolute Gasteiger partial charge is 0.543 e. The molecule has 2 saturated heterocycles. The van der Waals surface area contributed by atoms with Gasteiger partial charge in [-0.3, -0.25) is 0 Å². The Balaban J connectivity index is 0.000000341. The molecule has 0 amide bonds. The second-order valence-electron chi connectivity index (χ2n) is 10.4. The summed E-state index contributed by atoms with van der Waals surface area (Å²) in [6.07, 6.45) is 2.95. The summed E-state index contributed by atoms with van der Waals surface area (Å²) in [4.78, 5) is 41.9. The quantitative estimate of drug-likeness (QED) is 0.364. The largest absolute Gasteiger partial charge is 1.00 e. The summed E-state index contributed by atoms with van der Waals surface area (Å²) in [7, 11) is -2.05. The zero-order valence-corrected chi connectivity index (χ0v) is 24.3. The predicted molar refractivity (Wildman–Crippen MR) is 131 cm³/mol. The molecule has 184 valence electrons. The van der Waals surface area contributed by atoms with Crippen LogP contribution in [0.1, 0.15) is 21.0 Å². The zero-order chi connectivity index (χ0) is 24.9. The predicted octanol–water partition coefficient (Wildman–Crippen LogP) is -5.26. The molecule has 0 radical (unpaired) electrons. The van der Waals surface area contributed by atoms with Gasteiger partial charge in [0.2, 0.25) is 11.9 Å². The number of carboxylic acid groups (broad SMARTS) is 2. The summed E-state index contributed by atoms with van der Waals surface area (Å²) in [6.45, 7) is 13.2. The molecule has 4 heterocycles. The van der Waals surface area contributed by atoms with Gasteiger partial charge in [0.05, 0.1) is 39.5 Å². The van der Waals surface area contributed by atoms with Crippen LogP contribution in [0.3, 0.4) is 0 Å². The van der Waals surface area contributed by atoms with E-state index in [0.717, 1.165) is 26.2 Å². The topological polar surface area (TPSA) is 138 Å². The fourth-order valence-corrected chi connectivity index (χ4v) is 7.85. The van der Waals surface area contributed by atoms with Crippen LogP contribution in [0.15, 0.2) is 24.5 Å². The molecule has 0 bridgehead atoms. The Kier molecular flexibility index (Phi) is 12.4. The molecule has 0 saturated carbocycles. The number of carbonyl (C=O) groups excluding carboxylic acids is 2. The fraction of sp³-hybridized carbons (Fsp3) is 0.545. The summed E-state index contributed by atoms with van der Waals surface area (Å²) in [6, 6.07) is 7.53. The number of nitrogens with zero attached hydrogens (tertiary/aromatic N) is 6. The number of hydrogen-bond acceptors (Lipinski definition) is 10. The standard InChI is InChI=1S/2C11H17N3O2Si.2Li/c2*1-17(2)7-5-14(6-8-17)11-12-4-3-9(13-11)10(15)16;;/h2*3-4H,5-8H2,1-2H3,(H,15,16);;/q;;2*+1/p-2. The Bertz CT molecular complexity index is 946. The first kappa shape index (κ1) is 32.4. The van der Waals surface area contributed by atoms with Gasteiger partial charge in [0.1, 0.15) is 0 Å². The first-order valence-corrected chi connectivity index (χ1v) is 18.4. The van der Waals surface area contributed by atoms with Crippen LogP contribution in [0, 0.1) is 0 Å². The number of aromatic nitrogens is 4. The SMILES string of the molecule is C[Si]1(C)CCN(c2nccc(C(=O)[O-])n2)CC1.C[Si]1(C)CCN(c2nccc(C(=O)[O-])n2)CC1.[Li+].[Li+]. The van der Waals surface area contributed by atoms with E-state index >= 15 is 0 Å². The van der Waals surface area contributed by atoms with Gasteiger partial charge in [0, 0.05) is 38.6 Å². The van der Waals surface area contributed by atoms with Gasteiger partial charge in [-0.2, -0.15) is 0 Å². The van der Waals surface area contributed by atoms with Crippen LogP contribution in [0.4, 0.5) is 11.9 Å². The van der Waals surface area contributed by atoms with E-state index in [1.165, 1.54) is 48.7 Å². The summed E-state index contributed by atoms with van der Waals surface area (Å²) >= 11 is 0. The third-order valence-corrected chi connectivity index (χ3v) is 12.8. The van der Waals surface area contributed by atoms with E-state index in [-0.39, 0.29) is 49.1 Å². The average molecular weight is 515 g/mol. The average Bonchev–Trinajstić information content (AvgIpc) is 2.79. The van der Waals surface area contributed by atoms with Crippen LogP contribution < -0.4 is 57.7 Å². The van der Waals surface area contributed by atoms with Gasteiger partial charge in [-0.15, -0.1) is 0 Å². The molecule has 0 aromatic carbocycles. The van der Waals surface area contributed by atoms with Crippen molar-refractivity contribution < 1.29 is 57.5 Å². The number of hydrogen-bond donors (Lipinski definition) is 0. The number of carbonyl (C=O) groups is 2. The van der Waals surface area contributed by atoms with Crippen molar-refractivity contribution >= 4 is 40.0 Å². The number of aromatic carboxylic acids is 2. The Labute approximate surface area is 238 Å². The van der Waals surface area contributed by atoms with E-state index < -0.39 is 28.1 Å². The van der Waals surface area contributed by atoms with Crippen molar-refractivity contribution in [2.45, 2.75) is 50.4 Å². The van der Waals surface area contributed by atoms with Crippen molar-refractivity contribution in [3.05, 3.63) is 35.9 Å². The van der Waals surface area contributed by atoms with Crippen LogP contribution in [-0.4, -0.2) is 74.2 Å². The van der Waals surface area contributed by atoms with Gasteiger partial charge in [0.15, 0.2) is 0 Å². The molecule has 2 aromatic heterocycles. The second-order valence-corrected chi connectivity index (χ2v) is 21.0. The van der Waals surface area contributed by atoms with Crippen LogP contribution >= 0.6 is 0 Å². The third-order valence-electron chi connectivity index (χ3n) is 6.50. The zero-order valence-electron chi connectivity index (χ0n) is 22.3. The summed E-state index contributed by atoms with van der Waals surface area (Å²) in [5, 5.41) is 21.5. The van der Waals surface area contributed by atoms with Crippen molar-refractivity contribution in [1.29, 1.82) is 0 Å². The van der Waals surface area contributed by atoms with Crippen molar-refractivity contribution in [1.82, 2.24) is 19.9 Å². The monoisotopic (exact) mass is 514 g/mol. The first-order valence-electron chi connectivity index (χ1n) is 11.5. The first-order chi connectivity index (χ1) is 16.0. The molecule has 2 aliphatic rings. The van der Waals surface area contributed by atoms with E-state index in [0.29, 0.717) is 11.9 Å². The normalized spacial score (nSPS) is 18.0. The molecule has 2 fully saturated rings. The fourth-order valence-electron chi connectivity index (χ4n) is 3.85. The summed E-state index contributed by atoms with van der Waals surface area (Å²) in [5.74, 6) is -1.48. The molecule has 0 aliphatic carbocycles. The number of anilines is 2. The van der Waals surface area contributed by atoms with Crippen molar-refractivity contribution in [3.8, 4) is 0 Å². The molecule has 2 aliphatic heterocycles. The number of rotatable bonds is 4. The van der Waals surface area contributed by atoms with Crippen LogP contribution in [0.2, 0.25) is 50.4 Å². The van der Waals surface area contributed by atoms with E-state index in [2.05, 4.69) is 55.9 Å². The van der Waals surface area contributed by atoms with Crippen LogP contribution in [0.5, 0.6) is 0 Å². The van der Waals surface area contributed by atoms with Gasteiger partial charge in [-0.25, -0.2) is 19.9 Å². The maximum Gasteiger partial charge on any atom is 1.00 e. The van der Waals surface area contributed by atoms with Crippen molar-refractivity contribution in [3.63, 3.8) is 0 Å². The van der Waals surface area contributed by atoms with E-state index in [1.807, 2.05) is 0 Å². The molecular formula is C22H32Li2N6O4Si2. The van der Waals surface area contributed by atoms with E-state index in [1.54, 1.807) is 0 Å². The maximum atomic E-state index is 10.7. The second kappa shape index (κ2) is 13.8. The van der Waals surface area contributed by atoms with Crippen LogP contribution in [-0.2, 0) is 0 Å². The Hall–Kier alpha value is -1.67. The van der Waals surface area contributed by atoms with E-state index in [4.69, 9.17) is 0 Å². The molecule has 10 nitrogen and oxygen atoms in total. The van der Waals surface area contributed by atoms with Gasteiger partial charge in [-0.05, 0) is 36.3 Å². The Morgan fingerprint density at radius 2 is 1.00 bits per heavy atom. The summed E-state index contributed by atoms with van der Waals surface area (Å²) in [5.41, 5.74) is -0.0887. The summed E-state index contributed by atoms with van der Waals surface area (Å²) < 4.78 is 0. The maximum absolute atomic E-state index is 10.7. The third kappa shape index (κ3) is 9.33. The van der Waals surface area contributed by atoms with Gasteiger partial charge >= 0.3 is 37.7 Å².